The molecule has 4 rings (SSSR count). The molecule has 0 radical (unpaired) electrons. The molecule has 6 heteroatoms. The van der Waals surface area contributed by atoms with Gasteiger partial charge in [0.2, 0.25) is 0 Å². The summed E-state index contributed by atoms with van der Waals surface area (Å²) in [5.74, 6) is 0.270. The van der Waals surface area contributed by atoms with Gasteiger partial charge in [0.25, 0.3) is 0 Å². The summed E-state index contributed by atoms with van der Waals surface area (Å²) in [7, 11) is 3.67. The molecular formula is C17H20N4O2. The van der Waals surface area contributed by atoms with E-state index in [9.17, 15) is 0 Å². The summed E-state index contributed by atoms with van der Waals surface area (Å²) in [6.07, 6.45) is 3.87. The molecule has 0 N–H and O–H groups in total. The van der Waals surface area contributed by atoms with Crippen LogP contribution in [-0.2, 0) is 18.3 Å². The van der Waals surface area contributed by atoms with Crippen molar-refractivity contribution in [3.8, 4) is 0 Å². The number of ether oxygens (including phenoxy) is 1. The number of fused-ring (bicyclic) bond motifs is 1. The fraction of sp³-hybridized carbons (Fsp3) is 0.412. The highest BCUT2D eigenvalue weighted by molar-refractivity contribution is 5.77. The molecule has 3 heterocycles. The third-order valence-corrected chi connectivity index (χ3v) is 4.57. The predicted molar refractivity (Wildman–Crippen MR) is 86.0 cm³/mol. The largest absolute Gasteiger partial charge is 0.464 e. The number of likely N-dealkylation sites (tertiary alicyclic amines) is 1. The first-order chi connectivity index (χ1) is 11.2. The lowest BCUT2D eigenvalue weighted by Crippen LogP contribution is -2.22. The summed E-state index contributed by atoms with van der Waals surface area (Å²) < 4.78 is 12.8. The molecule has 1 aliphatic rings. The Hall–Kier alpha value is -2.18. The average Bonchev–Trinajstić information content (AvgIpc) is 3.25. The fourth-order valence-corrected chi connectivity index (χ4v) is 3.41. The van der Waals surface area contributed by atoms with Crippen molar-refractivity contribution >= 4 is 11.0 Å². The number of hydrogen-bond acceptors (Lipinski definition) is 5. The molecule has 0 spiro atoms. The second-order valence-corrected chi connectivity index (χ2v) is 6.18. The monoisotopic (exact) mass is 312 g/mol. The molecule has 1 saturated heterocycles. The Bertz CT molecular complexity index is 810. The molecule has 1 fully saturated rings. The third kappa shape index (κ3) is 2.75. The zero-order chi connectivity index (χ0) is 15.8. The van der Waals surface area contributed by atoms with Crippen LogP contribution in [0.25, 0.3) is 11.0 Å². The van der Waals surface area contributed by atoms with Crippen LogP contribution in [0.5, 0.6) is 0 Å². The summed E-state index contributed by atoms with van der Waals surface area (Å²) in [5, 5.41) is 9.46. The van der Waals surface area contributed by atoms with Crippen molar-refractivity contribution in [3.05, 3.63) is 48.0 Å². The molecule has 120 valence electrons. The van der Waals surface area contributed by atoms with Gasteiger partial charge in [-0.2, -0.15) is 0 Å². The Labute approximate surface area is 134 Å². The van der Waals surface area contributed by atoms with Crippen LogP contribution in [0, 0.1) is 0 Å². The minimum atomic E-state index is 0.157. The molecule has 0 amide bonds. The van der Waals surface area contributed by atoms with E-state index in [4.69, 9.17) is 9.15 Å². The van der Waals surface area contributed by atoms with Crippen molar-refractivity contribution in [1.29, 1.82) is 0 Å². The van der Waals surface area contributed by atoms with E-state index in [0.29, 0.717) is 0 Å². The van der Waals surface area contributed by atoms with Crippen LogP contribution in [0.3, 0.4) is 0 Å². The molecule has 23 heavy (non-hydrogen) atoms. The van der Waals surface area contributed by atoms with E-state index >= 15 is 0 Å². The average molecular weight is 312 g/mol. The Kier molecular flexibility index (Phi) is 3.63. The van der Waals surface area contributed by atoms with Gasteiger partial charge in [-0.3, -0.25) is 9.58 Å². The van der Waals surface area contributed by atoms with Gasteiger partial charge in [0.15, 0.2) is 0 Å². The van der Waals surface area contributed by atoms with Crippen LogP contribution >= 0.6 is 0 Å². The highest BCUT2D eigenvalue weighted by Gasteiger charge is 2.35. The summed E-state index contributed by atoms with van der Waals surface area (Å²) in [4.78, 5) is 2.41. The molecule has 2 aromatic heterocycles. The van der Waals surface area contributed by atoms with Gasteiger partial charge < -0.3 is 9.15 Å². The van der Waals surface area contributed by atoms with Crippen molar-refractivity contribution < 1.29 is 9.15 Å². The number of aryl methyl sites for hydroxylation is 1. The number of furan rings is 1. The Morgan fingerprint density at radius 3 is 3.00 bits per heavy atom. The zero-order valence-electron chi connectivity index (χ0n) is 13.3. The second kappa shape index (κ2) is 5.79. The molecule has 0 bridgehead atoms. The zero-order valence-corrected chi connectivity index (χ0v) is 13.3. The maximum absolute atomic E-state index is 5.68. The third-order valence-electron chi connectivity index (χ3n) is 4.57. The minimum Gasteiger partial charge on any atom is -0.464 e. The number of methoxy groups -OCH3 is 1. The van der Waals surface area contributed by atoms with E-state index in [2.05, 4.69) is 27.3 Å². The molecule has 3 aromatic rings. The molecule has 0 unspecified atom stereocenters. The van der Waals surface area contributed by atoms with Crippen molar-refractivity contribution in [3.63, 3.8) is 0 Å². The van der Waals surface area contributed by atoms with E-state index in [0.717, 1.165) is 36.3 Å². The molecule has 2 atom stereocenters. The molecular weight excluding hydrogens is 292 g/mol. The van der Waals surface area contributed by atoms with E-state index in [1.807, 2.05) is 25.4 Å². The molecule has 0 saturated carbocycles. The maximum Gasteiger partial charge on any atom is 0.133 e. The topological polar surface area (TPSA) is 56.3 Å². The van der Waals surface area contributed by atoms with Gasteiger partial charge in [-0.05, 0) is 23.8 Å². The van der Waals surface area contributed by atoms with Crippen molar-refractivity contribution in [2.45, 2.75) is 18.6 Å². The van der Waals surface area contributed by atoms with Gasteiger partial charge in [-0.25, -0.2) is 0 Å². The SMILES string of the molecule is CO[C@@H]1CN(Cc2ccc3occc3c2)C[C@H]1c1cn(C)nn1. The highest BCUT2D eigenvalue weighted by atomic mass is 16.5. The first-order valence-electron chi connectivity index (χ1n) is 7.80. The Balaban J connectivity index is 1.51. The van der Waals surface area contributed by atoms with Gasteiger partial charge in [-0.1, -0.05) is 11.3 Å². The lowest BCUT2D eigenvalue weighted by molar-refractivity contribution is 0.0957. The molecule has 0 aliphatic carbocycles. The maximum atomic E-state index is 5.68. The summed E-state index contributed by atoms with van der Waals surface area (Å²) >= 11 is 0. The first-order valence-corrected chi connectivity index (χ1v) is 7.80. The quantitative estimate of drug-likeness (QED) is 0.739. The Morgan fingerprint density at radius 1 is 1.30 bits per heavy atom. The summed E-state index contributed by atoms with van der Waals surface area (Å²) in [6.45, 7) is 2.74. The smallest absolute Gasteiger partial charge is 0.133 e. The van der Waals surface area contributed by atoms with Crippen molar-refractivity contribution in [1.82, 2.24) is 19.9 Å². The van der Waals surface area contributed by atoms with Crippen molar-refractivity contribution in [2.75, 3.05) is 20.2 Å². The van der Waals surface area contributed by atoms with Gasteiger partial charge in [0.05, 0.1) is 18.1 Å². The summed E-state index contributed by atoms with van der Waals surface area (Å²) in [6, 6.07) is 8.36. The lowest BCUT2D eigenvalue weighted by Gasteiger charge is -2.15. The van der Waals surface area contributed by atoms with Crippen LogP contribution in [0.4, 0.5) is 0 Å². The van der Waals surface area contributed by atoms with Crippen molar-refractivity contribution in [2.24, 2.45) is 7.05 Å². The number of benzene rings is 1. The standard InChI is InChI=1S/C17H20N4O2/c1-20-10-15(18-19-20)14-9-21(11-17(14)22-2)8-12-3-4-16-13(7-12)5-6-23-16/h3-7,10,14,17H,8-9,11H2,1-2H3/t14-,17+/m0/s1. The normalized spacial score (nSPS) is 22.2. The van der Waals surface area contributed by atoms with E-state index in [-0.39, 0.29) is 12.0 Å². The van der Waals surface area contributed by atoms with E-state index in [1.165, 1.54) is 5.56 Å². The predicted octanol–water partition coefficient (Wildman–Crippen LogP) is 2.18. The van der Waals surface area contributed by atoms with Crippen LogP contribution < -0.4 is 0 Å². The first kappa shape index (κ1) is 14.4. The Morgan fingerprint density at radius 2 is 2.22 bits per heavy atom. The van der Waals surface area contributed by atoms with Crippen LogP contribution in [0.1, 0.15) is 17.2 Å². The highest BCUT2D eigenvalue weighted by Crippen LogP contribution is 2.29. The number of hydrogen-bond donors (Lipinski definition) is 0. The lowest BCUT2D eigenvalue weighted by atomic mass is 10.0. The number of aromatic nitrogens is 3. The number of nitrogens with zero attached hydrogens (tertiary/aromatic N) is 4. The fourth-order valence-electron chi connectivity index (χ4n) is 3.41. The molecule has 6 nitrogen and oxygen atoms in total. The van der Waals surface area contributed by atoms with Gasteiger partial charge in [-0.15, -0.1) is 5.10 Å². The van der Waals surface area contributed by atoms with Crippen LogP contribution in [-0.4, -0.2) is 46.2 Å². The second-order valence-electron chi connectivity index (χ2n) is 6.18. The van der Waals surface area contributed by atoms with Gasteiger partial charge >= 0.3 is 0 Å². The number of rotatable bonds is 4. The van der Waals surface area contributed by atoms with E-state index in [1.54, 1.807) is 18.1 Å². The minimum absolute atomic E-state index is 0.157. The summed E-state index contributed by atoms with van der Waals surface area (Å²) in [5.41, 5.74) is 3.23. The van der Waals surface area contributed by atoms with Gasteiger partial charge in [0.1, 0.15) is 5.58 Å². The van der Waals surface area contributed by atoms with Crippen LogP contribution in [0.2, 0.25) is 0 Å². The van der Waals surface area contributed by atoms with Crippen LogP contribution in [0.15, 0.2) is 41.1 Å². The van der Waals surface area contributed by atoms with E-state index < -0.39 is 0 Å². The van der Waals surface area contributed by atoms with Gasteiger partial charge in [0, 0.05) is 51.3 Å². The molecule has 1 aromatic carbocycles. The molecule has 1 aliphatic heterocycles.